The van der Waals surface area contributed by atoms with E-state index in [0.29, 0.717) is 6.54 Å². The number of likely N-dealkylation sites (N-methyl/N-ethyl adjacent to an activating group) is 1. The van der Waals surface area contributed by atoms with E-state index in [1.165, 1.54) is 0 Å². The third kappa shape index (κ3) is 3.45. The van der Waals surface area contributed by atoms with Crippen molar-refractivity contribution in [1.29, 1.82) is 0 Å². The number of thiophene rings is 1. The molecule has 0 spiro atoms. The molecular weight excluding hydrogens is 242 g/mol. The number of carboxylic acid groups (broad SMARTS) is 1. The van der Waals surface area contributed by atoms with Gasteiger partial charge in [0.25, 0.3) is 5.91 Å². The monoisotopic (exact) mass is 257 g/mol. The second kappa shape index (κ2) is 5.67. The van der Waals surface area contributed by atoms with E-state index in [1.54, 1.807) is 19.9 Å². The van der Waals surface area contributed by atoms with Gasteiger partial charge in [0.1, 0.15) is 5.75 Å². The Morgan fingerprint density at radius 1 is 1.59 bits per heavy atom. The van der Waals surface area contributed by atoms with Crippen LogP contribution in [0.25, 0.3) is 0 Å². The molecule has 1 amide bonds. The lowest BCUT2D eigenvalue weighted by Crippen LogP contribution is -2.36. The summed E-state index contributed by atoms with van der Waals surface area (Å²) in [5, 5.41) is 11.6. The highest BCUT2D eigenvalue weighted by Gasteiger charge is 2.20. The number of amides is 1. The van der Waals surface area contributed by atoms with E-state index in [4.69, 9.17) is 9.84 Å². The second-order valence-corrected chi connectivity index (χ2v) is 4.77. The predicted molar refractivity (Wildman–Crippen MR) is 64.8 cm³/mol. The summed E-state index contributed by atoms with van der Waals surface area (Å²) in [6.07, 6.45) is -0.706. The van der Waals surface area contributed by atoms with Gasteiger partial charge >= 0.3 is 5.97 Å². The molecule has 1 aromatic heterocycles. The van der Waals surface area contributed by atoms with Crippen molar-refractivity contribution < 1.29 is 19.4 Å². The number of hydrogen-bond donors (Lipinski definition) is 2. The third-order valence-electron chi connectivity index (χ3n) is 2.04. The molecule has 1 rings (SSSR count). The normalized spacial score (nSPS) is 11.9. The summed E-state index contributed by atoms with van der Waals surface area (Å²) in [5.74, 6) is -1.05. The lowest BCUT2D eigenvalue weighted by molar-refractivity contribution is -0.127. The van der Waals surface area contributed by atoms with E-state index < -0.39 is 12.1 Å². The highest BCUT2D eigenvalue weighted by molar-refractivity contribution is 7.14. The molecule has 2 N–H and O–H groups in total. The highest BCUT2D eigenvalue weighted by atomic mass is 32.1. The van der Waals surface area contributed by atoms with Crippen molar-refractivity contribution in [1.82, 2.24) is 5.32 Å². The largest absolute Gasteiger partial charge is 0.479 e. The van der Waals surface area contributed by atoms with Gasteiger partial charge in [-0.3, -0.25) is 4.79 Å². The third-order valence-corrected chi connectivity index (χ3v) is 3.06. The zero-order chi connectivity index (χ0) is 13.0. The van der Waals surface area contributed by atoms with E-state index in [2.05, 4.69) is 5.32 Å². The fraction of sp³-hybridized carbons (Fsp3) is 0.455. The number of aromatic carboxylic acids is 1. The molecule has 0 aromatic carbocycles. The Hall–Kier alpha value is -1.56. The van der Waals surface area contributed by atoms with Crippen molar-refractivity contribution in [2.75, 3.05) is 6.54 Å². The van der Waals surface area contributed by atoms with Gasteiger partial charge in [0.15, 0.2) is 11.0 Å². The molecule has 0 aliphatic heterocycles. The summed E-state index contributed by atoms with van der Waals surface area (Å²) in [6.45, 7) is 5.70. The molecule has 1 unspecified atom stereocenters. The van der Waals surface area contributed by atoms with Crippen molar-refractivity contribution in [3.63, 3.8) is 0 Å². The molecule has 0 saturated carbocycles. The summed E-state index contributed by atoms with van der Waals surface area (Å²) in [7, 11) is 0. The summed E-state index contributed by atoms with van der Waals surface area (Å²) < 4.78 is 5.36. The Morgan fingerprint density at radius 2 is 2.24 bits per heavy atom. The minimum Gasteiger partial charge on any atom is -0.479 e. The van der Waals surface area contributed by atoms with E-state index >= 15 is 0 Å². The maximum atomic E-state index is 11.5. The number of carbonyl (C=O) groups excluding carboxylic acids is 1. The average Bonchev–Trinajstić information content (AvgIpc) is 2.60. The number of nitrogens with one attached hydrogen (secondary N) is 1. The number of aryl methyl sites for hydroxylation is 1. The highest BCUT2D eigenvalue weighted by Crippen LogP contribution is 2.29. The van der Waals surface area contributed by atoms with Crippen molar-refractivity contribution >= 4 is 23.2 Å². The van der Waals surface area contributed by atoms with E-state index in [-0.39, 0.29) is 16.5 Å². The standard InChI is InChI=1S/C11H15NO4S/c1-4-12-10(13)7(3)16-8-5-6(2)17-9(8)11(14)15/h5,7H,4H2,1-3H3,(H,12,13)(H,14,15). The van der Waals surface area contributed by atoms with Gasteiger partial charge in [-0.1, -0.05) is 0 Å². The lowest BCUT2D eigenvalue weighted by atomic mass is 10.3. The van der Waals surface area contributed by atoms with Crippen LogP contribution in [-0.4, -0.2) is 29.6 Å². The van der Waals surface area contributed by atoms with Crippen molar-refractivity contribution in [3.05, 3.63) is 15.8 Å². The number of carbonyl (C=O) groups is 2. The van der Waals surface area contributed by atoms with Gasteiger partial charge in [-0.05, 0) is 26.8 Å². The van der Waals surface area contributed by atoms with Gasteiger partial charge in [-0.15, -0.1) is 11.3 Å². The predicted octanol–water partition coefficient (Wildman–Crippen LogP) is 1.66. The molecule has 1 atom stereocenters. The smallest absolute Gasteiger partial charge is 0.349 e. The fourth-order valence-corrected chi connectivity index (χ4v) is 2.07. The zero-order valence-corrected chi connectivity index (χ0v) is 10.8. The maximum absolute atomic E-state index is 11.5. The summed E-state index contributed by atoms with van der Waals surface area (Å²) in [6, 6.07) is 1.63. The first kappa shape index (κ1) is 13.5. The molecular formula is C11H15NO4S. The Labute approximate surface area is 103 Å². The first-order valence-electron chi connectivity index (χ1n) is 5.23. The Bertz CT molecular complexity index is 427. The first-order valence-corrected chi connectivity index (χ1v) is 6.05. The van der Waals surface area contributed by atoms with Crippen LogP contribution in [0.4, 0.5) is 0 Å². The van der Waals surface area contributed by atoms with Crippen LogP contribution in [0.5, 0.6) is 5.75 Å². The molecule has 0 radical (unpaired) electrons. The summed E-state index contributed by atoms with van der Waals surface area (Å²) in [4.78, 5) is 23.4. The van der Waals surface area contributed by atoms with Gasteiger partial charge < -0.3 is 15.2 Å². The molecule has 1 aromatic rings. The maximum Gasteiger partial charge on any atom is 0.349 e. The van der Waals surface area contributed by atoms with Crippen LogP contribution in [0.2, 0.25) is 0 Å². The van der Waals surface area contributed by atoms with Gasteiger partial charge in [0, 0.05) is 11.4 Å². The quantitative estimate of drug-likeness (QED) is 0.841. The second-order valence-electron chi connectivity index (χ2n) is 3.51. The Kier molecular flexibility index (Phi) is 4.51. The molecule has 17 heavy (non-hydrogen) atoms. The molecule has 0 saturated heterocycles. The number of hydrogen-bond acceptors (Lipinski definition) is 4. The molecule has 0 fully saturated rings. The zero-order valence-electron chi connectivity index (χ0n) is 9.94. The Morgan fingerprint density at radius 3 is 2.76 bits per heavy atom. The van der Waals surface area contributed by atoms with E-state index in [1.807, 2.05) is 6.92 Å². The van der Waals surface area contributed by atoms with Crippen LogP contribution in [0.1, 0.15) is 28.4 Å². The minimum absolute atomic E-state index is 0.124. The molecule has 0 aliphatic rings. The molecule has 1 heterocycles. The molecule has 6 heteroatoms. The van der Waals surface area contributed by atoms with Gasteiger partial charge in [-0.25, -0.2) is 4.79 Å². The SMILES string of the molecule is CCNC(=O)C(C)Oc1cc(C)sc1C(=O)O. The molecule has 5 nitrogen and oxygen atoms in total. The minimum atomic E-state index is -1.04. The van der Waals surface area contributed by atoms with Crippen molar-refractivity contribution in [2.24, 2.45) is 0 Å². The summed E-state index contributed by atoms with van der Waals surface area (Å²) in [5.41, 5.74) is 0. The number of carboxylic acids is 1. The van der Waals surface area contributed by atoms with Crippen LogP contribution in [0.15, 0.2) is 6.07 Å². The van der Waals surface area contributed by atoms with Crippen LogP contribution in [0, 0.1) is 6.92 Å². The lowest BCUT2D eigenvalue weighted by Gasteiger charge is -2.13. The Balaban J connectivity index is 2.80. The van der Waals surface area contributed by atoms with Crippen LogP contribution in [-0.2, 0) is 4.79 Å². The van der Waals surface area contributed by atoms with Crippen molar-refractivity contribution in [3.8, 4) is 5.75 Å². The first-order chi connectivity index (χ1) is 7.95. The number of ether oxygens (including phenoxy) is 1. The summed E-state index contributed by atoms with van der Waals surface area (Å²) >= 11 is 1.13. The van der Waals surface area contributed by atoms with Gasteiger partial charge in [-0.2, -0.15) is 0 Å². The average molecular weight is 257 g/mol. The van der Waals surface area contributed by atoms with Crippen LogP contribution < -0.4 is 10.1 Å². The van der Waals surface area contributed by atoms with Crippen molar-refractivity contribution in [2.45, 2.75) is 26.9 Å². The van der Waals surface area contributed by atoms with Gasteiger partial charge in [0.2, 0.25) is 0 Å². The van der Waals surface area contributed by atoms with Gasteiger partial charge in [0.05, 0.1) is 0 Å². The molecule has 0 bridgehead atoms. The van der Waals surface area contributed by atoms with E-state index in [0.717, 1.165) is 16.2 Å². The van der Waals surface area contributed by atoms with Crippen LogP contribution in [0.3, 0.4) is 0 Å². The number of rotatable bonds is 5. The molecule has 94 valence electrons. The van der Waals surface area contributed by atoms with Crippen LogP contribution >= 0.6 is 11.3 Å². The topological polar surface area (TPSA) is 75.6 Å². The fourth-order valence-electron chi connectivity index (χ4n) is 1.29. The van der Waals surface area contributed by atoms with E-state index in [9.17, 15) is 9.59 Å². The molecule has 0 aliphatic carbocycles.